The largest absolute Gasteiger partial charge is 0.508 e. The van der Waals surface area contributed by atoms with E-state index in [4.69, 9.17) is 17.3 Å². The van der Waals surface area contributed by atoms with Crippen molar-refractivity contribution in [1.29, 1.82) is 0 Å². The Kier molecular flexibility index (Phi) is 3.12. The zero-order valence-corrected chi connectivity index (χ0v) is 9.30. The summed E-state index contributed by atoms with van der Waals surface area (Å²) in [5.74, 6) is 0.213. The number of rotatable bonds is 3. The van der Waals surface area contributed by atoms with Crippen molar-refractivity contribution in [3.05, 3.63) is 47.5 Å². The van der Waals surface area contributed by atoms with Crippen LogP contribution in [0.25, 0.3) is 0 Å². The lowest BCUT2D eigenvalue weighted by atomic mass is 10.1. The highest BCUT2D eigenvalue weighted by Gasteiger charge is 2.09. The molecule has 5 heteroatoms. The first-order valence-corrected chi connectivity index (χ1v) is 5.26. The van der Waals surface area contributed by atoms with Crippen LogP contribution >= 0.6 is 11.6 Å². The molecule has 0 saturated heterocycles. The molecule has 0 aliphatic rings. The molecule has 2 aromatic rings. The Balaban J connectivity index is 2.14. The SMILES string of the molecule is NC(Cn1ccnc1Cl)c1cccc(O)c1. The molecular weight excluding hydrogens is 226 g/mol. The Morgan fingerprint density at radius 3 is 2.94 bits per heavy atom. The first-order valence-electron chi connectivity index (χ1n) is 4.88. The minimum atomic E-state index is -0.223. The zero-order chi connectivity index (χ0) is 11.5. The summed E-state index contributed by atoms with van der Waals surface area (Å²) < 4.78 is 1.76. The Labute approximate surface area is 98.3 Å². The fraction of sp³-hybridized carbons (Fsp3) is 0.182. The molecule has 0 spiro atoms. The quantitative estimate of drug-likeness (QED) is 0.858. The fourth-order valence-electron chi connectivity index (χ4n) is 1.52. The van der Waals surface area contributed by atoms with E-state index in [1.165, 1.54) is 0 Å². The summed E-state index contributed by atoms with van der Waals surface area (Å²) in [5, 5.41) is 9.75. The molecule has 84 valence electrons. The van der Waals surface area contributed by atoms with Gasteiger partial charge in [0.2, 0.25) is 5.28 Å². The van der Waals surface area contributed by atoms with E-state index in [1.54, 1.807) is 35.2 Å². The molecule has 1 aromatic heterocycles. The average Bonchev–Trinajstić information content (AvgIpc) is 2.64. The molecule has 0 saturated carbocycles. The first kappa shape index (κ1) is 11.0. The molecule has 1 atom stereocenters. The average molecular weight is 238 g/mol. The number of halogens is 1. The molecule has 1 aromatic carbocycles. The Morgan fingerprint density at radius 1 is 1.50 bits per heavy atom. The molecule has 0 aliphatic carbocycles. The van der Waals surface area contributed by atoms with Crippen LogP contribution in [0.2, 0.25) is 5.28 Å². The molecular formula is C11H12ClN3O. The standard InChI is InChI=1S/C11H12ClN3O/c12-11-14-4-5-15(11)7-10(13)8-2-1-3-9(16)6-8/h1-6,10,16H,7,13H2. The van der Waals surface area contributed by atoms with E-state index in [1.807, 2.05) is 6.07 Å². The third kappa shape index (κ3) is 2.35. The molecule has 3 N–H and O–H groups in total. The summed E-state index contributed by atoms with van der Waals surface area (Å²) in [6, 6.07) is 6.67. The first-order chi connectivity index (χ1) is 7.66. The van der Waals surface area contributed by atoms with E-state index in [0.29, 0.717) is 11.8 Å². The van der Waals surface area contributed by atoms with Crippen molar-refractivity contribution in [3.63, 3.8) is 0 Å². The van der Waals surface area contributed by atoms with Gasteiger partial charge < -0.3 is 15.4 Å². The van der Waals surface area contributed by atoms with Gasteiger partial charge in [-0.25, -0.2) is 4.98 Å². The second kappa shape index (κ2) is 4.55. The number of benzene rings is 1. The van der Waals surface area contributed by atoms with Gasteiger partial charge in [-0.15, -0.1) is 0 Å². The van der Waals surface area contributed by atoms with Crippen LogP contribution in [0.4, 0.5) is 0 Å². The summed E-state index contributed by atoms with van der Waals surface area (Å²) in [5.41, 5.74) is 6.87. The predicted molar refractivity (Wildman–Crippen MR) is 62.3 cm³/mol. The van der Waals surface area contributed by atoms with Crippen LogP contribution in [0.5, 0.6) is 5.75 Å². The van der Waals surface area contributed by atoms with Crippen LogP contribution < -0.4 is 5.73 Å². The van der Waals surface area contributed by atoms with Crippen LogP contribution in [-0.2, 0) is 6.54 Å². The molecule has 4 nitrogen and oxygen atoms in total. The predicted octanol–water partition coefficient (Wildman–Crippen LogP) is 1.94. The third-order valence-electron chi connectivity index (χ3n) is 2.36. The van der Waals surface area contributed by atoms with Gasteiger partial charge in [0.05, 0.1) is 0 Å². The smallest absolute Gasteiger partial charge is 0.202 e. The highest BCUT2D eigenvalue weighted by Crippen LogP contribution is 2.19. The maximum absolute atomic E-state index is 9.34. The van der Waals surface area contributed by atoms with E-state index in [-0.39, 0.29) is 11.8 Å². The van der Waals surface area contributed by atoms with Crippen molar-refractivity contribution in [2.24, 2.45) is 5.73 Å². The van der Waals surface area contributed by atoms with Crippen molar-refractivity contribution in [3.8, 4) is 5.75 Å². The summed E-state index contributed by atoms with van der Waals surface area (Å²) in [7, 11) is 0. The van der Waals surface area contributed by atoms with Crippen LogP contribution in [0.1, 0.15) is 11.6 Å². The summed E-state index contributed by atoms with van der Waals surface area (Å²) in [6.45, 7) is 0.530. The Bertz CT molecular complexity index is 484. The number of hydrogen-bond acceptors (Lipinski definition) is 3. The second-order valence-electron chi connectivity index (χ2n) is 3.55. The maximum Gasteiger partial charge on any atom is 0.202 e. The van der Waals surface area contributed by atoms with Gasteiger partial charge in [-0.05, 0) is 29.3 Å². The van der Waals surface area contributed by atoms with Gasteiger partial charge in [-0.3, -0.25) is 0 Å². The Morgan fingerprint density at radius 2 is 2.31 bits per heavy atom. The number of hydrogen-bond donors (Lipinski definition) is 2. The minimum absolute atomic E-state index is 0.213. The lowest BCUT2D eigenvalue weighted by molar-refractivity contribution is 0.472. The number of aromatic nitrogens is 2. The van der Waals surface area contributed by atoms with Gasteiger partial charge in [0.15, 0.2) is 0 Å². The Hall–Kier alpha value is -1.52. The molecule has 0 amide bonds. The van der Waals surface area contributed by atoms with Crippen LogP contribution in [0, 0.1) is 0 Å². The highest BCUT2D eigenvalue weighted by molar-refractivity contribution is 6.28. The highest BCUT2D eigenvalue weighted by atomic mass is 35.5. The maximum atomic E-state index is 9.34. The monoisotopic (exact) mass is 237 g/mol. The van der Waals surface area contributed by atoms with Crippen LogP contribution in [-0.4, -0.2) is 14.7 Å². The van der Waals surface area contributed by atoms with Gasteiger partial charge in [0.25, 0.3) is 0 Å². The van der Waals surface area contributed by atoms with Crippen LogP contribution in [0.3, 0.4) is 0 Å². The lowest BCUT2D eigenvalue weighted by Gasteiger charge is -2.13. The van der Waals surface area contributed by atoms with E-state index < -0.39 is 0 Å². The molecule has 2 rings (SSSR count). The molecule has 0 fully saturated rings. The zero-order valence-electron chi connectivity index (χ0n) is 8.55. The van der Waals surface area contributed by atoms with E-state index >= 15 is 0 Å². The molecule has 0 aliphatic heterocycles. The number of phenols is 1. The van der Waals surface area contributed by atoms with Gasteiger partial charge in [-0.2, -0.15) is 0 Å². The third-order valence-corrected chi connectivity index (χ3v) is 2.67. The number of aromatic hydroxyl groups is 1. The van der Waals surface area contributed by atoms with Crippen LogP contribution in [0.15, 0.2) is 36.7 Å². The van der Waals surface area contributed by atoms with Gasteiger partial charge >= 0.3 is 0 Å². The molecule has 16 heavy (non-hydrogen) atoms. The fourth-order valence-corrected chi connectivity index (χ4v) is 1.70. The lowest BCUT2D eigenvalue weighted by Crippen LogP contribution is -2.17. The minimum Gasteiger partial charge on any atom is -0.508 e. The number of nitrogens with zero attached hydrogens (tertiary/aromatic N) is 2. The van der Waals surface area contributed by atoms with Gasteiger partial charge in [0.1, 0.15) is 5.75 Å². The van der Waals surface area contributed by atoms with Crippen molar-refractivity contribution in [2.75, 3.05) is 0 Å². The van der Waals surface area contributed by atoms with E-state index in [2.05, 4.69) is 4.98 Å². The van der Waals surface area contributed by atoms with E-state index in [9.17, 15) is 5.11 Å². The topological polar surface area (TPSA) is 64.1 Å². The molecule has 1 unspecified atom stereocenters. The second-order valence-corrected chi connectivity index (χ2v) is 3.89. The normalized spacial score (nSPS) is 12.6. The number of phenolic OH excluding ortho intramolecular Hbond substituents is 1. The number of imidazole rings is 1. The molecule has 0 radical (unpaired) electrons. The van der Waals surface area contributed by atoms with Gasteiger partial charge in [-0.1, -0.05) is 12.1 Å². The molecule has 1 heterocycles. The van der Waals surface area contributed by atoms with Crippen molar-refractivity contribution >= 4 is 11.6 Å². The number of nitrogens with two attached hydrogens (primary N) is 1. The van der Waals surface area contributed by atoms with Crippen molar-refractivity contribution in [2.45, 2.75) is 12.6 Å². The summed E-state index contributed by atoms with van der Waals surface area (Å²) in [4.78, 5) is 3.90. The summed E-state index contributed by atoms with van der Waals surface area (Å²) in [6.07, 6.45) is 3.39. The van der Waals surface area contributed by atoms with Gasteiger partial charge in [0, 0.05) is 25.0 Å². The van der Waals surface area contributed by atoms with Crippen molar-refractivity contribution < 1.29 is 5.11 Å². The summed E-state index contributed by atoms with van der Waals surface area (Å²) >= 11 is 5.85. The molecule has 0 bridgehead atoms. The van der Waals surface area contributed by atoms with Crippen molar-refractivity contribution in [1.82, 2.24) is 9.55 Å². The van der Waals surface area contributed by atoms with E-state index in [0.717, 1.165) is 5.56 Å².